The van der Waals surface area contributed by atoms with E-state index in [-0.39, 0.29) is 12.4 Å². The Kier molecular flexibility index (Phi) is 6.27. The van der Waals surface area contributed by atoms with E-state index in [4.69, 9.17) is 9.72 Å². The fourth-order valence-electron chi connectivity index (χ4n) is 2.82. The molecule has 3 nitrogen and oxygen atoms in total. The second-order valence-corrected chi connectivity index (χ2v) is 6.38. The summed E-state index contributed by atoms with van der Waals surface area (Å²) in [6.45, 7) is 5.55. The molecule has 0 unspecified atom stereocenters. The number of hydrogen-bond donors (Lipinski definition) is 0. The minimum atomic E-state index is 0. The number of rotatable bonds is 6. The number of methoxy groups -OCH3 is 1. The van der Waals surface area contributed by atoms with E-state index in [0.717, 1.165) is 36.5 Å². The second-order valence-electron chi connectivity index (χ2n) is 6.38. The zero-order chi connectivity index (χ0) is 16.2. The maximum Gasteiger partial charge on any atom is 0.118 e. The van der Waals surface area contributed by atoms with Crippen molar-refractivity contribution in [3.05, 3.63) is 59.9 Å². The fraction of sp³-hybridized carbons (Fsp3) is 0.350. The molecule has 0 saturated carbocycles. The maximum atomic E-state index is 5.24. The summed E-state index contributed by atoms with van der Waals surface area (Å²) in [6.07, 6.45) is 2.01. The van der Waals surface area contributed by atoms with Crippen LogP contribution in [0, 0.1) is 5.92 Å². The summed E-state index contributed by atoms with van der Waals surface area (Å²) in [6, 6.07) is 16.7. The lowest BCUT2D eigenvalue weighted by Gasteiger charge is -2.11. The maximum absolute atomic E-state index is 5.24. The molecule has 1 heterocycles. The number of halogens is 1. The first kappa shape index (κ1) is 18.3. The summed E-state index contributed by atoms with van der Waals surface area (Å²) in [7, 11) is 1.69. The van der Waals surface area contributed by atoms with Gasteiger partial charge < -0.3 is 21.7 Å². The van der Waals surface area contributed by atoms with E-state index in [2.05, 4.69) is 54.8 Å². The van der Waals surface area contributed by atoms with Crippen molar-refractivity contribution in [2.45, 2.75) is 33.2 Å². The third-order valence-corrected chi connectivity index (χ3v) is 4.18. The van der Waals surface area contributed by atoms with Crippen molar-refractivity contribution < 1.29 is 17.1 Å². The standard InChI is InChI=1S/C20H24N2O.ClH/c1-15(2)12-13-22-19-7-5-4-6-18(19)21-20(22)14-16-8-10-17(23-3)11-9-16;/h4-11,15H,12-14H2,1-3H3;1H/p-1. The molecule has 128 valence electrons. The Bertz CT molecular complexity index is 778. The highest BCUT2D eigenvalue weighted by atomic mass is 35.5. The van der Waals surface area contributed by atoms with Crippen molar-refractivity contribution in [3.8, 4) is 5.75 Å². The molecule has 0 amide bonds. The van der Waals surface area contributed by atoms with Crippen LogP contribution >= 0.6 is 0 Å². The van der Waals surface area contributed by atoms with Crippen LogP contribution < -0.4 is 17.1 Å². The number of para-hydroxylation sites is 2. The quantitative estimate of drug-likeness (QED) is 0.681. The monoisotopic (exact) mass is 343 g/mol. The third-order valence-electron chi connectivity index (χ3n) is 4.18. The Balaban J connectivity index is 0.00000208. The van der Waals surface area contributed by atoms with Crippen LogP contribution in [0.4, 0.5) is 0 Å². The van der Waals surface area contributed by atoms with Crippen LogP contribution in [0.2, 0.25) is 0 Å². The van der Waals surface area contributed by atoms with Crippen LogP contribution in [0.3, 0.4) is 0 Å². The molecular formula is C20H24ClN2O-. The zero-order valence-corrected chi connectivity index (χ0v) is 15.3. The van der Waals surface area contributed by atoms with E-state index in [1.54, 1.807) is 7.11 Å². The van der Waals surface area contributed by atoms with Gasteiger partial charge in [0.2, 0.25) is 0 Å². The smallest absolute Gasteiger partial charge is 0.118 e. The van der Waals surface area contributed by atoms with Crippen LogP contribution in [0.1, 0.15) is 31.7 Å². The molecule has 0 bridgehead atoms. The van der Waals surface area contributed by atoms with Crippen molar-refractivity contribution in [3.63, 3.8) is 0 Å². The van der Waals surface area contributed by atoms with Crippen LogP contribution in [-0.4, -0.2) is 16.7 Å². The van der Waals surface area contributed by atoms with E-state index in [0.29, 0.717) is 5.92 Å². The summed E-state index contributed by atoms with van der Waals surface area (Å²) in [5, 5.41) is 0. The molecule has 2 aromatic carbocycles. The lowest BCUT2D eigenvalue weighted by atomic mass is 10.1. The molecule has 0 fully saturated rings. The number of benzene rings is 2. The first-order valence-corrected chi connectivity index (χ1v) is 8.24. The average molecular weight is 344 g/mol. The Morgan fingerprint density at radius 3 is 2.42 bits per heavy atom. The summed E-state index contributed by atoms with van der Waals surface area (Å²) >= 11 is 0. The Labute approximate surface area is 150 Å². The summed E-state index contributed by atoms with van der Waals surface area (Å²) in [5.41, 5.74) is 3.57. The molecule has 1 aromatic heterocycles. The van der Waals surface area contributed by atoms with Gasteiger partial charge in [0, 0.05) is 13.0 Å². The molecule has 0 aliphatic rings. The molecule has 0 aliphatic carbocycles. The number of ether oxygens (including phenoxy) is 1. The minimum Gasteiger partial charge on any atom is -1.00 e. The molecule has 0 atom stereocenters. The number of aryl methyl sites for hydroxylation is 1. The molecule has 0 N–H and O–H groups in total. The number of fused-ring (bicyclic) bond motifs is 1. The van der Waals surface area contributed by atoms with Crippen LogP contribution in [0.15, 0.2) is 48.5 Å². The van der Waals surface area contributed by atoms with Gasteiger partial charge in [-0.1, -0.05) is 38.1 Å². The van der Waals surface area contributed by atoms with Crippen molar-refractivity contribution in [2.75, 3.05) is 7.11 Å². The second kappa shape index (κ2) is 8.20. The molecule has 3 rings (SSSR count). The van der Waals surface area contributed by atoms with Gasteiger partial charge in [0.1, 0.15) is 11.6 Å². The van der Waals surface area contributed by atoms with E-state index in [1.807, 2.05) is 12.1 Å². The summed E-state index contributed by atoms with van der Waals surface area (Å²) < 4.78 is 7.61. The van der Waals surface area contributed by atoms with Gasteiger partial charge in [0.25, 0.3) is 0 Å². The number of imidazole rings is 1. The van der Waals surface area contributed by atoms with Crippen LogP contribution in [0.25, 0.3) is 11.0 Å². The van der Waals surface area contributed by atoms with Gasteiger partial charge in [-0.15, -0.1) is 0 Å². The lowest BCUT2D eigenvalue weighted by Crippen LogP contribution is -3.00. The Morgan fingerprint density at radius 1 is 1.04 bits per heavy atom. The molecule has 0 saturated heterocycles. The van der Waals surface area contributed by atoms with Gasteiger partial charge in [0.15, 0.2) is 0 Å². The highest BCUT2D eigenvalue weighted by Gasteiger charge is 2.11. The minimum absolute atomic E-state index is 0. The number of nitrogens with zero attached hydrogens (tertiary/aromatic N) is 2. The van der Waals surface area contributed by atoms with E-state index >= 15 is 0 Å². The van der Waals surface area contributed by atoms with E-state index < -0.39 is 0 Å². The Hall–Kier alpha value is -2.00. The van der Waals surface area contributed by atoms with Crippen molar-refractivity contribution >= 4 is 11.0 Å². The van der Waals surface area contributed by atoms with Gasteiger partial charge in [-0.2, -0.15) is 0 Å². The molecule has 0 spiro atoms. The van der Waals surface area contributed by atoms with E-state index in [1.165, 1.54) is 11.1 Å². The highest BCUT2D eigenvalue weighted by molar-refractivity contribution is 5.76. The summed E-state index contributed by atoms with van der Waals surface area (Å²) in [4.78, 5) is 4.86. The Morgan fingerprint density at radius 2 is 1.75 bits per heavy atom. The van der Waals surface area contributed by atoms with Gasteiger partial charge in [-0.3, -0.25) is 0 Å². The summed E-state index contributed by atoms with van der Waals surface area (Å²) in [5.74, 6) is 2.71. The molecule has 3 aromatic rings. The van der Waals surface area contributed by atoms with Gasteiger partial charge >= 0.3 is 0 Å². The number of hydrogen-bond acceptors (Lipinski definition) is 2. The molecule has 0 radical (unpaired) electrons. The molecule has 24 heavy (non-hydrogen) atoms. The first-order chi connectivity index (χ1) is 11.2. The topological polar surface area (TPSA) is 27.1 Å². The SMILES string of the molecule is COc1ccc(Cc2nc3ccccc3n2CCC(C)C)cc1.[Cl-]. The normalized spacial score (nSPS) is 10.8. The van der Waals surface area contributed by atoms with Crippen molar-refractivity contribution in [1.29, 1.82) is 0 Å². The molecule has 4 heteroatoms. The van der Waals surface area contributed by atoms with Gasteiger partial charge in [0.05, 0.1) is 18.1 Å². The number of aromatic nitrogens is 2. The average Bonchev–Trinajstić information content (AvgIpc) is 2.90. The third kappa shape index (κ3) is 4.09. The molecule has 0 aliphatic heterocycles. The lowest BCUT2D eigenvalue weighted by molar-refractivity contribution is -0.00000534. The van der Waals surface area contributed by atoms with Crippen LogP contribution in [-0.2, 0) is 13.0 Å². The van der Waals surface area contributed by atoms with E-state index in [9.17, 15) is 0 Å². The highest BCUT2D eigenvalue weighted by Crippen LogP contribution is 2.21. The largest absolute Gasteiger partial charge is 1.00 e. The molecular weight excluding hydrogens is 320 g/mol. The van der Waals surface area contributed by atoms with Gasteiger partial charge in [-0.05, 0) is 42.2 Å². The predicted octanol–water partition coefficient (Wildman–Crippen LogP) is 1.69. The van der Waals surface area contributed by atoms with Crippen molar-refractivity contribution in [2.24, 2.45) is 5.92 Å². The zero-order valence-electron chi connectivity index (χ0n) is 14.5. The fourth-order valence-corrected chi connectivity index (χ4v) is 2.82. The first-order valence-electron chi connectivity index (χ1n) is 8.24. The van der Waals surface area contributed by atoms with Crippen molar-refractivity contribution in [1.82, 2.24) is 9.55 Å². The van der Waals surface area contributed by atoms with Gasteiger partial charge in [-0.25, -0.2) is 4.98 Å². The van der Waals surface area contributed by atoms with Crippen LogP contribution in [0.5, 0.6) is 5.75 Å². The predicted molar refractivity (Wildman–Crippen MR) is 95.0 cm³/mol.